The quantitative estimate of drug-likeness (QED) is 0.731. The first-order valence-corrected chi connectivity index (χ1v) is 6.75. The Balaban J connectivity index is 2.21. The van der Waals surface area contributed by atoms with Gasteiger partial charge in [-0.2, -0.15) is 0 Å². The largest absolute Gasteiger partial charge is 0.383 e. The van der Waals surface area contributed by atoms with E-state index in [-0.39, 0.29) is 5.91 Å². The molecule has 0 spiro atoms. The molecule has 0 aliphatic carbocycles. The molecule has 1 fully saturated rings. The fourth-order valence-corrected chi connectivity index (χ4v) is 2.32. The van der Waals surface area contributed by atoms with Gasteiger partial charge in [-0.05, 0) is 45.2 Å². The van der Waals surface area contributed by atoms with Gasteiger partial charge in [-0.1, -0.05) is 0 Å². The third kappa shape index (κ3) is 5.50. The molecule has 1 saturated heterocycles. The second-order valence-electron chi connectivity index (χ2n) is 4.70. The van der Waals surface area contributed by atoms with Gasteiger partial charge in [0, 0.05) is 26.6 Å². The number of ether oxygens (including phenoxy) is 1. The third-order valence-electron chi connectivity index (χ3n) is 3.52. The van der Waals surface area contributed by atoms with Crippen LogP contribution in [0.2, 0.25) is 0 Å². The van der Waals surface area contributed by atoms with Crippen LogP contribution >= 0.6 is 0 Å². The lowest BCUT2D eigenvalue weighted by atomic mass is 9.93. The van der Waals surface area contributed by atoms with Crippen LogP contribution in [-0.2, 0) is 9.53 Å². The molecule has 1 N–H and O–H groups in total. The fraction of sp³-hybridized carbons (Fsp3) is 0.923. The average molecular weight is 242 g/mol. The van der Waals surface area contributed by atoms with Gasteiger partial charge >= 0.3 is 0 Å². The number of carbonyl (C=O) groups is 1. The van der Waals surface area contributed by atoms with Crippen LogP contribution in [-0.4, -0.2) is 50.7 Å². The molecule has 0 aromatic heterocycles. The molecule has 17 heavy (non-hydrogen) atoms. The fourth-order valence-electron chi connectivity index (χ4n) is 2.32. The van der Waals surface area contributed by atoms with Crippen molar-refractivity contribution in [2.24, 2.45) is 5.92 Å². The molecule has 4 nitrogen and oxygen atoms in total. The van der Waals surface area contributed by atoms with Crippen molar-refractivity contribution in [3.05, 3.63) is 0 Å². The predicted octanol–water partition coefficient (Wildman–Crippen LogP) is 1.26. The molecule has 0 aromatic rings. The Morgan fingerprint density at radius 1 is 1.41 bits per heavy atom. The van der Waals surface area contributed by atoms with Crippen LogP contribution in [0.15, 0.2) is 0 Å². The van der Waals surface area contributed by atoms with Crippen LogP contribution in [0.25, 0.3) is 0 Å². The van der Waals surface area contributed by atoms with E-state index in [1.54, 1.807) is 7.11 Å². The zero-order chi connectivity index (χ0) is 12.5. The molecule has 1 rings (SSSR count). The van der Waals surface area contributed by atoms with Gasteiger partial charge in [0.25, 0.3) is 0 Å². The number of amides is 1. The highest BCUT2D eigenvalue weighted by molar-refractivity contribution is 5.76. The summed E-state index contributed by atoms with van der Waals surface area (Å²) < 4.78 is 5.02. The highest BCUT2D eigenvalue weighted by Gasteiger charge is 2.16. The van der Waals surface area contributed by atoms with E-state index in [0.29, 0.717) is 13.0 Å². The topological polar surface area (TPSA) is 41.6 Å². The Labute approximate surface area is 105 Å². The van der Waals surface area contributed by atoms with Crippen molar-refractivity contribution < 1.29 is 9.53 Å². The second kappa shape index (κ2) is 8.48. The van der Waals surface area contributed by atoms with Crippen LogP contribution in [0.1, 0.15) is 32.6 Å². The summed E-state index contributed by atoms with van der Waals surface area (Å²) in [6.07, 6.45) is 4.18. The lowest BCUT2D eigenvalue weighted by Crippen LogP contribution is -2.34. The highest BCUT2D eigenvalue weighted by Crippen LogP contribution is 2.18. The molecule has 0 atom stereocenters. The smallest absolute Gasteiger partial charge is 0.222 e. The maximum Gasteiger partial charge on any atom is 0.222 e. The van der Waals surface area contributed by atoms with Crippen molar-refractivity contribution in [3.63, 3.8) is 0 Å². The standard InChI is InChI=1S/C13H26N2O2/c1-3-15(10-11-17-2)13(16)5-4-12-6-8-14-9-7-12/h12,14H,3-11H2,1-2H3. The molecule has 0 unspecified atom stereocenters. The van der Waals surface area contributed by atoms with Gasteiger partial charge in [0.2, 0.25) is 5.91 Å². The summed E-state index contributed by atoms with van der Waals surface area (Å²) >= 11 is 0. The van der Waals surface area contributed by atoms with Crippen molar-refractivity contribution >= 4 is 5.91 Å². The first-order valence-electron chi connectivity index (χ1n) is 6.75. The molecule has 0 bridgehead atoms. The summed E-state index contributed by atoms with van der Waals surface area (Å²) in [6, 6.07) is 0. The number of nitrogens with one attached hydrogen (secondary N) is 1. The van der Waals surface area contributed by atoms with E-state index in [0.717, 1.165) is 38.5 Å². The number of likely N-dealkylation sites (N-methyl/N-ethyl adjacent to an activating group) is 1. The highest BCUT2D eigenvalue weighted by atomic mass is 16.5. The van der Waals surface area contributed by atoms with E-state index in [1.165, 1.54) is 12.8 Å². The predicted molar refractivity (Wildman–Crippen MR) is 69.0 cm³/mol. The van der Waals surface area contributed by atoms with Crippen LogP contribution in [0.5, 0.6) is 0 Å². The number of piperidine rings is 1. The SMILES string of the molecule is CCN(CCOC)C(=O)CCC1CCNCC1. The molecule has 0 saturated carbocycles. The summed E-state index contributed by atoms with van der Waals surface area (Å²) in [5, 5.41) is 3.35. The normalized spacial score (nSPS) is 17.1. The molecule has 4 heteroatoms. The number of methoxy groups -OCH3 is 1. The van der Waals surface area contributed by atoms with Gasteiger partial charge in [-0.25, -0.2) is 0 Å². The Morgan fingerprint density at radius 2 is 2.12 bits per heavy atom. The molecular weight excluding hydrogens is 216 g/mol. The van der Waals surface area contributed by atoms with Crippen molar-refractivity contribution in [1.29, 1.82) is 0 Å². The van der Waals surface area contributed by atoms with Crippen molar-refractivity contribution in [3.8, 4) is 0 Å². The third-order valence-corrected chi connectivity index (χ3v) is 3.52. The van der Waals surface area contributed by atoms with Gasteiger partial charge in [-0.3, -0.25) is 4.79 Å². The number of carbonyl (C=O) groups excluding carboxylic acids is 1. The number of nitrogens with zero attached hydrogens (tertiary/aromatic N) is 1. The van der Waals surface area contributed by atoms with Crippen LogP contribution in [0, 0.1) is 5.92 Å². The molecule has 1 aliphatic rings. The van der Waals surface area contributed by atoms with E-state index in [9.17, 15) is 4.79 Å². The van der Waals surface area contributed by atoms with Crippen molar-refractivity contribution in [2.75, 3.05) is 39.9 Å². The molecule has 0 radical (unpaired) electrons. The van der Waals surface area contributed by atoms with Gasteiger partial charge in [0.05, 0.1) is 6.61 Å². The zero-order valence-corrected chi connectivity index (χ0v) is 11.2. The van der Waals surface area contributed by atoms with Gasteiger partial charge in [0.15, 0.2) is 0 Å². The summed E-state index contributed by atoms with van der Waals surface area (Å²) in [5.74, 6) is 1.02. The van der Waals surface area contributed by atoms with Gasteiger partial charge in [0.1, 0.15) is 0 Å². The van der Waals surface area contributed by atoms with Gasteiger partial charge < -0.3 is 15.0 Å². The van der Waals surface area contributed by atoms with E-state index in [1.807, 2.05) is 11.8 Å². The molecule has 100 valence electrons. The maximum absolute atomic E-state index is 12.0. The summed E-state index contributed by atoms with van der Waals surface area (Å²) in [6.45, 7) is 6.39. The molecule has 1 aliphatic heterocycles. The van der Waals surface area contributed by atoms with E-state index < -0.39 is 0 Å². The molecule has 1 heterocycles. The zero-order valence-electron chi connectivity index (χ0n) is 11.2. The first-order chi connectivity index (χ1) is 8.27. The lowest BCUT2D eigenvalue weighted by molar-refractivity contribution is -0.132. The van der Waals surface area contributed by atoms with E-state index in [2.05, 4.69) is 5.32 Å². The van der Waals surface area contributed by atoms with Crippen LogP contribution < -0.4 is 5.32 Å². The van der Waals surface area contributed by atoms with E-state index >= 15 is 0 Å². The Morgan fingerprint density at radius 3 is 2.71 bits per heavy atom. The van der Waals surface area contributed by atoms with Crippen molar-refractivity contribution in [2.45, 2.75) is 32.6 Å². The minimum Gasteiger partial charge on any atom is -0.383 e. The summed E-state index contributed by atoms with van der Waals surface area (Å²) in [5.41, 5.74) is 0. The van der Waals surface area contributed by atoms with Crippen LogP contribution in [0.3, 0.4) is 0 Å². The number of hydrogen-bond donors (Lipinski definition) is 1. The van der Waals surface area contributed by atoms with Crippen LogP contribution in [0.4, 0.5) is 0 Å². The molecule has 1 amide bonds. The number of rotatable bonds is 7. The lowest BCUT2D eigenvalue weighted by Gasteiger charge is -2.24. The summed E-state index contributed by atoms with van der Waals surface area (Å²) in [7, 11) is 1.67. The monoisotopic (exact) mass is 242 g/mol. The second-order valence-corrected chi connectivity index (χ2v) is 4.70. The Kier molecular flexibility index (Phi) is 7.21. The van der Waals surface area contributed by atoms with E-state index in [4.69, 9.17) is 4.74 Å². The minimum atomic E-state index is 0.281. The molecule has 0 aromatic carbocycles. The number of hydrogen-bond acceptors (Lipinski definition) is 3. The average Bonchev–Trinajstić information content (AvgIpc) is 2.38. The van der Waals surface area contributed by atoms with Crippen molar-refractivity contribution in [1.82, 2.24) is 10.2 Å². The Hall–Kier alpha value is -0.610. The maximum atomic E-state index is 12.0. The molecular formula is C13H26N2O2. The van der Waals surface area contributed by atoms with Gasteiger partial charge in [-0.15, -0.1) is 0 Å². The first kappa shape index (κ1) is 14.5. The Bertz CT molecular complexity index is 215. The summed E-state index contributed by atoms with van der Waals surface area (Å²) in [4.78, 5) is 13.9. The minimum absolute atomic E-state index is 0.281.